The summed E-state index contributed by atoms with van der Waals surface area (Å²) in [6.07, 6.45) is 5.10. The van der Waals surface area contributed by atoms with E-state index in [0.717, 1.165) is 32.2 Å². The van der Waals surface area contributed by atoms with E-state index in [1.165, 1.54) is 0 Å². The van der Waals surface area contributed by atoms with Crippen LogP contribution in [0.3, 0.4) is 0 Å². The van der Waals surface area contributed by atoms with Crippen LogP contribution in [0, 0.1) is 5.92 Å². The Morgan fingerprint density at radius 3 is 2.88 bits per heavy atom. The highest BCUT2D eigenvalue weighted by Crippen LogP contribution is 2.19. The van der Waals surface area contributed by atoms with E-state index in [-0.39, 0.29) is 0 Å². The van der Waals surface area contributed by atoms with E-state index < -0.39 is 0 Å². The number of carbonyl (C=O) groups is 1. The molecule has 1 unspecified atom stereocenters. The van der Waals surface area contributed by atoms with Gasteiger partial charge in [0.2, 0.25) is 5.91 Å². The number of amides is 1. The normalized spacial score (nSPS) is 20.8. The fourth-order valence-electron chi connectivity index (χ4n) is 2.33. The molecule has 0 radical (unpaired) electrons. The van der Waals surface area contributed by atoms with Gasteiger partial charge in [-0.3, -0.25) is 4.79 Å². The van der Waals surface area contributed by atoms with Gasteiger partial charge < -0.3 is 9.64 Å². The van der Waals surface area contributed by atoms with Crippen molar-refractivity contribution >= 4 is 5.91 Å². The first-order valence-electron chi connectivity index (χ1n) is 6.43. The predicted molar refractivity (Wildman–Crippen MR) is 65.3 cm³/mol. The number of rotatable bonds is 6. The van der Waals surface area contributed by atoms with Crippen molar-refractivity contribution in [3.05, 3.63) is 0 Å². The van der Waals surface area contributed by atoms with E-state index in [4.69, 9.17) is 4.74 Å². The van der Waals surface area contributed by atoms with Crippen LogP contribution in [-0.4, -0.2) is 37.1 Å². The van der Waals surface area contributed by atoms with E-state index in [0.29, 0.717) is 30.9 Å². The number of nitrogens with zero attached hydrogens (tertiary/aromatic N) is 1. The first-order valence-corrected chi connectivity index (χ1v) is 6.43. The van der Waals surface area contributed by atoms with E-state index in [1.54, 1.807) is 7.11 Å². The van der Waals surface area contributed by atoms with E-state index in [1.807, 2.05) is 4.90 Å². The van der Waals surface area contributed by atoms with Gasteiger partial charge in [0.15, 0.2) is 0 Å². The Balaban J connectivity index is 2.29. The molecular formula is C13H25NO2. The summed E-state index contributed by atoms with van der Waals surface area (Å²) in [5, 5.41) is 0. The molecule has 94 valence electrons. The third-order valence-electron chi connectivity index (χ3n) is 3.23. The lowest BCUT2D eigenvalue weighted by atomic mass is 10.1. The number of hydrogen-bond donors (Lipinski definition) is 0. The second-order valence-corrected chi connectivity index (χ2v) is 5.12. The third-order valence-corrected chi connectivity index (χ3v) is 3.23. The zero-order valence-electron chi connectivity index (χ0n) is 10.9. The van der Waals surface area contributed by atoms with Crippen LogP contribution in [0.25, 0.3) is 0 Å². The second-order valence-electron chi connectivity index (χ2n) is 5.12. The SMILES string of the molecule is COCC1CCCN1C(=O)CCCC(C)C. The Kier molecular flexibility index (Phi) is 5.81. The lowest BCUT2D eigenvalue weighted by Gasteiger charge is -2.24. The Hall–Kier alpha value is -0.570. The summed E-state index contributed by atoms with van der Waals surface area (Å²) < 4.78 is 5.15. The number of methoxy groups -OCH3 is 1. The highest BCUT2D eigenvalue weighted by atomic mass is 16.5. The molecule has 0 N–H and O–H groups in total. The summed E-state index contributed by atoms with van der Waals surface area (Å²) in [6.45, 7) is 6.02. The van der Waals surface area contributed by atoms with Crippen LogP contribution in [0.5, 0.6) is 0 Å². The number of hydrogen-bond acceptors (Lipinski definition) is 2. The number of likely N-dealkylation sites (tertiary alicyclic amines) is 1. The molecule has 0 bridgehead atoms. The molecule has 3 heteroatoms. The van der Waals surface area contributed by atoms with Gasteiger partial charge in [-0.2, -0.15) is 0 Å². The van der Waals surface area contributed by atoms with Gasteiger partial charge in [-0.1, -0.05) is 20.3 Å². The van der Waals surface area contributed by atoms with Crippen molar-refractivity contribution in [1.29, 1.82) is 0 Å². The summed E-state index contributed by atoms with van der Waals surface area (Å²) >= 11 is 0. The van der Waals surface area contributed by atoms with Crippen molar-refractivity contribution in [2.24, 2.45) is 5.92 Å². The molecule has 0 aliphatic carbocycles. The van der Waals surface area contributed by atoms with Crippen molar-refractivity contribution in [2.45, 2.75) is 52.0 Å². The van der Waals surface area contributed by atoms with Crippen LogP contribution < -0.4 is 0 Å². The molecule has 1 atom stereocenters. The molecule has 1 aliphatic heterocycles. The molecule has 1 rings (SSSR count). The summed E-state index contributed by atoms with van der Waals surface area (Å²) in [7, 11) is 1.71. The molecule has 3 nitrogen and oxygen atoms in total. The first kappa shape index (κ1) is 13.5. The fraction of sp³-hybridized carbons (Fsp3) is 0.923. The van der Waals surface area contributed by atoms with E-state index >= 15 is 0 Å². The Labute approximate surface area is 99.1 Å². The quantitative estimate of drug-likeness (QED) is 0.697. The Bertz CT molecular complexity index is 216. The van der Waals surface area contributed by atoms with Gasteiger partial charge in [0.25, 0.3) is 0 Å². The highest BCUT2D eigenvalue weighted by Gasteiger charge is 2.27. The summed E-state index contributed by atoms with van der Waals surface area (Å²) in [4.78, 5) is 14.0. The maximum absolute atomic E-state index is 12.0. The molecule has 1 amide bonds. The van der Waals surface area contributed by atoms with Gasteiger partial charge in [-0.15, -0.1) is 0 Å². The van der Waals surface area contributed by atoms with Gasteiger partial charge in [0.05, 0.1) is 12.6 Å². The number of carbonyl (C=O) groups excluding carboxylic acids is 1. The fourth-order valence-corrected chi connectivity index (χ4v) is 2.33. The van der Waals surface area contributed by atoms with Crippen LogP contribution >= 0.6 is 0 Å². The lowest BCUT2D eigenvalue weighted by molar-refractivity contribution is -0.133. The minimum atomic E-state index is 0.320. The predicted octanol–water partition coefficient (Wildman–Crippen LogP) is 2.45. The largest absolute Gasteiger partial charge is 0.383 e. The first-order chi connectivity index (χ1) is 7.65. The van der Waals surface area contributed by atoms with Gasteiger partial charge >= 0.3 is 0 Å². The minimum Gasteiger partial charge on any atom is -0.383 e. The zero-order chi connectivity index (χ0) is 12.0. The molecule has 0 aromatic carbocycles. The van der Waals surface area contributed by atoms with Crippen molar-refractivity contribution in [3.63, 3.8) is 0 Å². The monoisotopic (exact) mass is 227 g/mol. The molecule has 0 spiro atoms. The molecule has 1 heterocycles. The Morgan fingerprint density at radius 2 is 2.25 bits per heavy atom. The molecule has 0 saturated carbocycles. The van der Waals surface area contributed by atoms with Gasteiger partial charge in [-0.05, 0) is 25.2 Å². The Morgan fingerprint density at radius 1 is 1.50 bits per heavy atom. The maximum Gasteiger partial charge on any atom is 0.222 e. The van der Waals surface area contributed by atoms with Gasteiger partial charge in [0.1, 0.15) is 0 Å². The van der Waals surface area contributed by atoms with Gasteiger partial charge in [-0.25, -0.2) is 0 Å². The average molecular weight is 227 g/mol. The van der Waals surface area contributed by atoms with Crippen LogP contribution in [0.15, 0.2) is 0 Å². The van der Waals surface area contributed by atoms with E-state index in [9.17, 15) is 4.79 Å². The molecule has 1 fully saturated rings. The highest BCUT2D eigenvalue weighted by molar-refractivity contribution is 5.76. The standard InChI is InChI=1S/C13H25NO2/c1-11(2)6-4-8-13(15)14-9-5-7-12(14)10-16-3/h11-12H,4-10H2,1-3H3. The topological polar surface area (TPSA) is 29.5 Å². The second kappa shape index (κ2) is 6.89. The van der Waals surface area contributed by atoms with Gasteiger partial charge in [0, 0.05) is 20.1 Å². The van der Waals surface area contributed by atoms with Crippen molar-refractivity contribution in [3.8, 4) is 0 Å². The number of ether oxygens (including phenoxy) is 1. The van der Waals surface area contributed by atoms with Crippen LogP contribution in [-0.2, 0) is 9.53 Å². The molecule has 1 saturated heterocycles. The van der Waals surface area contributed by atoms with Crippen LogP contribution in [0.1, 0.15) is 46.0 Å². The van der Waals surface area contributed by atoms with Crippen LogP contribution in [0.4, 0.5) is 0 Å². The summed E-state index contributed by atoms with van der Waals surface area (Å²) in [5.74, 6) is 1.02. The van der Waals surface area contributed by atoms with Crippen molar-refractivity contribution in [1.82, 2.24) is 4.90 Å². The summed E-state index contributed by atoms with van der Waals surface area (Å²) in [5.41, 5.74) is 0. The smallest absolute Gasteiger partial charge is 0.222 e. The molecule has 16 heavy (non-hydrogen) atoms. The van der Waals surface area contributed by atoms with Crippen LogP contribution in [0.2, 0.25) is 0 Å². The zero-order valence-corrected chi connectivity index (χ0v) is 10.9. The summed E-state index contributed by atoms with van der Waals surface area (Å²) in [6, 6.07) is 0.330. The molecular weight excluding hydrogens is 202 g/mol. The van der Waals surface area contributed by atoms with E-state index in [2.05, 4.69) is 13.8 Å². The molecule has 0 aromatic rings. The minimum absolute atomic E-state index is 0.320. The molecule has 0 aromatic heterocycles. The maximum atomic E-state index is 12.0. The average Bonchev–Trinajstić information content (AvgIpc) is 2.66. The lowest BCUT2D eigenvalue weighted by Crippen LogP contribution is -2.37. The third kappa shape index (κ3) is 4.12. The van der Waals surface area contributed by atoms with Crippen molar-refractivity contribution in [2.75, 3.05) is 20.3 Å². The van der Waals surface area contributed by atoms with Crippen molar-refractivity contribution < 1.29 is 9.53 Å². The molecule has 1 aliphatic rings.